The molecule has 3 nitrogen and oxygen atoms in total. The van der Waals surface area contributed by atoms with Gasteiger partial charge in [-0.3, -0.25) is 4.79 Å². The van der Waals surface area contributed by atoms with Gasteiger partial charge >= 0.3 is 5.97 Å². The van der Waals surface area contributed by atoms with E-state index in [2.05, 4.69) is 11.8 Å². The lowest BCUT2D eigenvalue weighted by Gasteiger charge is -2.02. The fraction of sp³-hybridized carbons (Fsp3) is 0.357. The molecule has 17 heavy (non-hydrogen) atoms. The number of carbonyl (C=O) groups is 1. The number of rotatable bonds is 3. The third kappa shape index (κ3) is 3.61. The van der Waals surface area contributed by atoms with Gasteiger partial charge in [0.1, 0.15) is 6.10 Å². The molecule has 2 rings (SSSR count). The summed E-state index contributed by atoms with van der Waals surface area (Å²) in [5.41, 5.74) is 0.744. The van der Waals surface area contributed by atoms with Crippen LogP contribution in [0.25, 0.3) is 0 Å². The fourth-order valence-electron chi connectivity index (χ4n) is 1.40. The molecule has 0 aliphatic heterocycles. The molecule has 1 aliphatic carbocycles. The molecule has 0 amide bonds. The summed E-state index contributed by atoms with van der Waals surface area (Å²) >= 11 is 0. The first-order valence-corrected chi connectivity index (χ1v) is 5.65. The normalized spacial score (nSPS) is 15.6. The van der Waals surface area contributed by atoms with Gasteiger partial charge < -0.3 is 9.84 Å². The SMILES string of the molecule is O=C(OCC#C[C@@H](O)c1ccccc1)C1CC1. The second kappa shape index (κ2) is 5.51. The second-order valence-electron chi connectivity index (χ2n) is 4.02. The number of hydrogen-bond acceptors (Lipinski definition) is 3. The number of carbonyl (C=O) groups excluding carboxylic acids is 1. The minimum absolute atomic E-state index is 0.0548. The minimum Gasteiger partial charge on any atom is -0.452 e. The summed E-state index contributed by atoms with van der Waals surface area (Å²) in [6.45, 7) is 0.0548. The number of benzene rings is 1. The van der Waals surface area contributed by atoms with Gasteiger partial charge in [0.15, 0.2) is 6.61 Å². The van der Waals surface area contributed by atoms with Gasteiger partial charge in [0.05, 0.1) is 5.92 Å². The molecule has 0 aromatic heterocycles. The van der Waals surface area contributed by atoms with Crippen molar-refractivity contribution < 1.29 is 14.6 Å². The van der Waals surface area contributed by atoms with E-state index in [9.17, 15) is 9.90 Å². The Kier molecular flexibility index (Phi) is 3.79. The Labute approximate surface area is 100 Å². The van der Waals surface area contributed by atoms with Gasteiger partial charge in [-0.25, -0.2) is 0 Å². The average Bonchev–Trinajstić information content (AvgIpc) is 3.19. The minimum atomic E-state index is -0.823. The van der Waals surface area contributed by atoms with Crippen LogP contribution in [-0.4, -0.2) is 17.7 Å². The Morgan fingerprint density at radius 2 is 2.12 bits per heavy atom. The first kappa shape index (κ1) is 11.7. The number of aliphatic hydroxyl groups is 1. The van der Waals surface area contributed by atoms with Crippen molar-refractivity contribution >= 4 is 5.97 Å². The van der Waals surface area contributed by atoms with Crippen molar-refractivity contribution in [2.45, 2.75) is 18.9 Å². The predicted molar refractivity (Wildman–Crippen MR) is 62.9 cm³/mol. The Balaban J connectivity index is 1.78. The largest absolute Gasteiger partial charge is 0.452 e. The number of aliphatic hydroxyl groups excluding tert-OH is 1. The fourth-order valence-corrected chi connectivity index (χ4v) is 1.40. The lowest BCUT2D eigenvalue weighted by atomic mass is 10.1. The van der Waals surface area contributed by atoms with Crippen LogP contribution in [0.15, 0.2) is 30.3 Å². The zero-order valence-electron chi connectivity index (χ0n) is 9.43. The molecule has 1 N–H and O–H groups in total. The molecule has 0 spiro atoms. The molecule has 0 unspecified atom stereocenters. The van der Waals surface area contributed by atoms with E-state index < -0.39 is 6.10 Å². The summed E-state index contributed by atoms with van der Waals surface area (Å²) < 4.78 is 4.93. The summed E-state index contributed by atoms with van der Waals surface area (Å²) in [6.07, 6.45) is 1.04. The maximum absolute atomic E-state index is 11.2. The van der Waals surface area contributed by atoms with Crippen molar-refractivity contribution in [3.05, 3.63) is 35.9 Å². The van der Waals surface area contributed by atoms with E-state index in [4.69, 9.17) is 4.74 Å². The molecule has 88 valence electrons. The molecule has 0 bridgehead atoms. The van der Waals surface area contributed by atoms with E-state index in [0.717, 1.165) is 18.4 Å². The molecular formula is C14H14O3. The van der Waals surface area contributed by atoms with Gasteiger partial charge in [0.2, 0.25) is 0 Å². The molecule has 0 heterocycles. The summed E-state index contributed by atoms with van der Waals surface area (Å²) in [6, 6.07) is 9.16. The van der Waals surface area contributed by atoms with Crippen LogP contribution in [0.2, 0.25) is 0 Å². The van der Waals surface area contributed by atoms with Crippen LogP contribution in [0.3, 0.4) is 0 Å². The van der Waals surface area contributed by atoms with E-state index >= 15 is 0 Å². The van der Waals surface area contributed by atoms with Gasteiger partial charge in [-0.2, -0.15) is 0 Å². The highest BCUT2D eigenvalue weighted by Gasteiger charge is 2.30. The van der Waals surface area contributed by atoms with Crippen molar-refractivity contribution in [3.8, 4) is 11.8 Å². The van der Waals surface area contributed by atoms with Crippen LogP contribution < -0.4 is 0 Å². The van der Waals surface area contributed by atoms with Crippen LogP contribution in [0.4, 0.5) is 0 Å². The van der Waals surface area contributed by atoms with Gasteiger partial charge in [-0.1, -0.05) is 42.2 Å². The highest BCUT2D eigenvalue weighted by molar-refractivity contribution is 5.75. The topological polar surface area (TPSA) is 46.5 Å². The Bertz CT molecular complexity index is 438. The Morgan fingerprint density at radius 3 is 2.76 bits per heavy atom. The molecule has 0 saturated heterocycles. The molecule has 1 fully saturated rings. The van der Waals surface area contributed by atoms with E-state index in [1.807, 2.05) is 18.2 Å². The number of esters is 1. The van der Waals surface area contributed by atoms with Gasteiger partial charge in [0.25, 0.3) is 0 Å². The zero-order chi connectivity index (χ0) is 12.1. The molecular weight excluding hydrogens is 216 g/mol. The van der Waals surface area contributed by atoms with Gasteiger partial charge in [0, 0.05) is 0 Å². The predicted octanol–water partition coefficient (Wildman–Crippen LogP) is 1.68. The van der Waals surface area contributed by atoms with Crippen LogP contribution >= 0.6 is 0 Å². The highest BCUT2D eigenvalue weighted by atomic mass is 16.5. The van der Waals surface area contributed by atoms with Crippen molar-refractivity contribution in [1.29, 1.82) is 0 Å². The maximum atomic E-state index is 11.2. The number of ether oxygens (including phenoxy) is 1. The van der Waals surface area contributed by atoms with Crippen molar-refractivity contribution in [2.24, 2.45) is 5.92 Å². The smallest absolute Gasteiger partial charge is 0.309 e. The summed E-state index contributed by atoms with van der Waals surface area (Å²) in [4.78, 5) is 11.2. The quantitative estimate of drug-likeness (QED) is 0.634. The van der Waals surface area contributed by atoms with Gasteiger partial charge in [-0.05, 0) is 18.4 Å². The summed E-state index contributed by atoms with van der Waals surface area (Å²) in [7, 11) is 0. The zero-order valence-corrected chi connectivity index (χ0v) is 9.43. The van der Waals surface area contributed by atoms with E-state index in [-0.39, 0.29) is 18.5 Å². The number of hydrogen-bond donors (Lipinski definition) is 1. The molecule has 1 atom stereocenters. The third-order valence-electron chi connectivity index (χ3n) is 2.55. The average molecular weight is 230 g/mol. The van der Waals surface area contributed by atoms with E-state index in [1.165, 1.54) is 0 Å². The maximum Gasteiger partial charge on any atom is 0.309 e. The lowest BCUT2D eigenvalue weighted by Crippen LogP contribution is -2.06. The monoisotopic (exact) mass is 230 g/mol. The van der Waals surface area contributed by atoms with E-state index in [1.54, 1.807) is 12.1 Å². The van der Waals surface area contributed by atoms with Crippen molar-refractivity contribution in [3.63, 3.8) is 0 Å². The summed E-state index contributed by atoms with van der Waals surface area (Å²) in [5, 5.41) is 9.69. The molecule has 3 heteroatoms. The van der Waals surface area contributed by atoms with Crippen molar-refractivity contribution in [1.82, 2.24) is 0 Å². The second-order valence-corrected chi connectivity index (χ2v) is 4.02. The first-order valence-electron chi connectivity index (χ1n) is 5.65. The standard InChI is InChI=1S/C14H14O3/c15-13(11-5-2-1-3-6-11)7-4-10-17-14(16)12-8-9-12/h1-3,5-6,12-13,15H,8-10H2/t13-/m1/s1. The van der Waals surface area contributed by atoms with Crippen LogP contribution in [-0.2, 0) is 9.53 Å². The van der Waals surface area contributed by atoms with Crippen LogP contribution in [0.1, 0.15) is 24.5 Å². The third-order valence-corrected chi connectivity index (χ3v) is 2.55. The lowest BCUT2D eigenvalue weighted by molar-refractivity contribution is -0.143. The Morgan fingerprint density at radius 1 is 1.41 bits per heavy atom. The highest BCUT2D eigenvalue weighted by Crippen LogP contribution is 2.29. The first-order chi connectivity index (χ1) is 8.27. The molecule has 1 aromatic carbocycles. The molecule has 0 radical (unpaired) electrons. The van der Waals surface area contributed by atoms with Crippen molar-refractivity contribution in [2.75, 3.05) is 6.61 Å². The van der Waals surface area contributed by atoms with E-state index in [0.29, 0.717) is 0 Å². The Hall–Kier alpha value is -1.79. The molecule has 1 aromatic rings. The molecule has 1 saturated carbocycles. The van der Waals surface area contributed by atoms with Gasteiger partial charge in [-0.15, -0.1) is 0 Å². The molecule has 1 aliphatic rings. The van der Waals surface area contributed by atoms with Crippen LogP contribution in [0, 0.1) is 17.8 Å². The van der Waals surface area contributed by atoms with Crippen LogP contribution in [0.5, 0.6) is 0 Å². The summed E-state index contributed by atoms with van der Waals surface area (Å²) in [5.74, 6) is 5.22.